The lowest BCUT2D eigenvalue weighted by Gasteiger charge is -2.18. The van der Waals surface area contributed by atoms with Gasteiger partial charge in [0.25, 0.3) is 0 Å². The molecule has 1 heterocycles. The molecule has 14 heavy (non-hydrogen) atoms. The second-order valence-corrected chi connectivity index (χ2v) is 3.98. The van der Waals surface area contributed by atoms with Gasteiger partial charge in [0, 0.05) is 17.3 Å². The van der Waals surface area contributed by atoms with Crippen LogP contribution >= 0.6 is 0 Å². The van der Waals surface area contributed by atoms with Crippen molar-refractivity contribution in [1.29, 1.82) is 0 Å². The Kier molecular flexibility index (Phi) is 3.41. The van der Waals surface area contributed by atoms with E-state index in [1.807, 2.05) is 26.8 Å². The molecule has 0 spiro atoms. The van der Waals surface area contributed by atoms with E-state index in [1.165, 1.54) is 6.33 Å². The van der Waals surface area contributed by atoms with Crippen LogP contribution in [0.2, 0.25) is 0 Å². The quantitative estimate of drug-likeness (QED) is 0.783. The lowest BCUT2D eigenvalue weighted by atomic mass is 10.1. The smallest absolute Gasteiger partial charge is 0.216 e. The molecule has 0 amide bonds. The zero-order valence-electron chi connectivity index (χ0n) is 8.95. The van der Waals surface area contributed by atoms with E-state index in [-0.39, 0.29) is 5.54 Å². The van der Waals surface area contributed by atoms with Crippen molar-refractivity contribution in [2.24, 2.45) is 5.73 Å². The summed E-state index contributed by atoms with van der Waals surface area (Å²) >= 11 is 0. The van der Waals surface area contributed by atoms with Crippen LogP contribution in [0.3, 0.4) is 0 Å². The van der Waals surface area contributed by atoms with Crippen LogP contribution in [0.5, 0.6) is 5.88 Å². The fourth-order valence-electron chi connectivity index (χ4n) is 0.909. The second-order valence-electron chi connectivity index (χ2n) is 3.98. The van der Waals surface area contributed by atoms with Gasteiger partial charge >= 0.3 is 0 Å². The summed E-state index contributed by atoms with van der Waals surface area (Å²) < 4.78 is 5.44. The summed E-state index contributed by atoms with van der Waals surface area (Å²) in [5, 5.41) is 0. The van der Waals surface area contributed by atoms with Gasteiger partial charge in [-0.3, -0.25) is 0 Å². The molecule has 0 bridgehead atoms. The van der Waals surface area contributed by atoms with Crippen molar-refractivity contribution < 1.29 is 4.74 Å². The van der Waals surface area contributed by atoms with Crippen LogP contribution in [0.15, 0.2) is 12.4 Å². The van der Waals surface area contributed by atoms with E-state index in [2.05, 4.69) is 9.97 Å². The van der Waals surface area contributed by atoms with Gasteiger partial charge in [-0.05, 0) is 20.3 Å². The van der Waals surface area contributed by atoms with Crippen molar-refractivity contribution in [3.8, 4) is 5.88 Å². The molecule has 2 N–H and O–H groups in total. The molecule has 0 saturated heterocycles. The number of nitrogens with zero attached hydrogens (tertiary/aromatic N) is 2. The van der Waals surface area contributed by atoms with Crippen molar-refractivity contribution in [3.63, 3.8) is 0 Å². The molecule has 0 atom stereocenters. The Morgan fingerprint density at radius 3 is 2.71 bits per heavy atom. The number of hydrogen-bond acceptors (Lipinski definition) is 4. The van der Waals surface area contributed by atoms with Gasteiger partial charge in [-0.25, -0.2) is 9.97 Å². The minimum absolute atomic E-state index is 0.336. The van der Waals surface area contributed by atoms with Crippen LogP contribution in [0.25, 0.3) is 0 Å². The van der Waals surface area contributed by atoms with Crippen molar-refractivity contribution in [2.45, 2.75) is 32.7 Å². The normalized spacial score (nSPS) is 11.4. The zero-order chi connectivity index (χ0) is 10.6. The Bertz CT molecular complexity index is 294. The molecule has 1 rings (SSSR count). The Morgan fingerprint density at radius 1 is 1.43 bits per heavy atom. The highest BCUT2D eigenvalue weighted by atomic mass is 16.5. The fraction of sp³-hybridized carbons (Fsp3) is 0.600. The van der Waals surface area contributed by atoms with Gasteiger partial charge in [-0.2, -0.15) is 0 Å². The number of hydrogen-bond donors (Lipinski definition) is 1. The summed E-state index contributed by atoms with van der Waals surface area (Å²) in [7, 11) is 0. The highest BCUT2D eigenvalue weighted by Crippen LogP contribution is 2.09. The summed E-state index contributed by atoms with van der Waals surface area (Å²) in [4.78, 5) is 8.08. The summed E-state index contributed by atoms with van der Waals surface area (Å²) in [6, 6.07) is 1.84. The van der Waals surface area contributed by atoms with E-state index >= 15 is 0 Å². The third-order valence-electron chi connectivity index (χ3n) is 1.65. The predicted octanol–water partition coefficient (Wildman–Crippen LogP) is 1.16. The summed E-state index contributed by atoms with van der Waals surface area (Å²) in [6.45, 7) is 6.32. The van der Waals surface area contributed by atoms with Gasteiger partial charge in [-0.15, -0.1) is 0 Å². The largest absolute Gasteiger partial charge is 0.476 e. The minimum atomic E-state index is -0.336. The minimum Gasteiger partial charge on any atom is -0.476 e. The molecule has 1 aromatic rings. The Labute approximate surface area is 84.5 Å². The van der Waals surface area contributed by atoms with Crippen LogP contribution < -0.4 is 10.5 Å². The first-order valence-corrected chi connectivity index (χ1v) is 4.74. The lowest BCUT2D eigenvalue weighted by Crippen LogP contribution is -2.38. The molecule has 0 unspecified atom stereocenters. The maximum absolute atomic E-state index is 5.79. The molecular weight excluding hydrogens is 178 g/mol. The van der Waals surface area contributed by atoms with Crippen molar-refractivity contribution in [3.05, 3.63) is 18.1 Å². The number of nitrogens with two attached hydrogens (primary N) is 1. The molecular formula is C10H17N3O. The predicted molar refractivity (Wildman–Crippen MR) is 55.2 cm³/mol. The lowest BCUT2D eigenvalue weighted by molar-refractivity contribution is 0.234. The van der Waals surface area contributed by atoms with Gasteiger partial charge in [-0.1, -0.05) is 6.92 Å². The molecule has 0 radical (unpaired) electrons. The fourth-order valence-corrected chi connectivity index (χ4v) is 0.909. The zero-order valence-corrected chi connectivity index (χ0v) is 8.95. The first-order valence-electron chi connectivity index (χ1n) is 4.74. The van der Waals surface area contributed by atoms with E-state index < -0.39 is 0 Å². The van der Waals surface area contributed by atoms with E-state index in [0.717, 1.165) is 12.1 Å². The molecule has 1 aromatic heterocycles. The monoisotopic (exact) mass is 195 g/mol. The standard InChI is InChI=1S/C10H17N3O/c1-4-8-5-9(13-7-12-8)14-6-10(2,3)11/h5,7H,4,6,11H2,1-3H3. The van der Waals surface area contributed by atoms with Crippen LogP contribution in [0, 0.1) is 0 Å². The first kappa shape index (κ1) is 10.9. The van der Waals surface area contributed by atoms with Gasteiger partial charge in [0.15, 0.2) is 0 Å². The van der Waals surface area contributed by atoms with E-state index in [0.29, 0.717) is 12.5 Å². The third kappa shape index (κ3) is 3.70. The summed E-state index contributed by atoms with van der Waals surface area (Å²) in [5.74, 6) is 0.593. The molecule has 0 saturated carbocycles. The Morgan fingerprint density at radius 2 is 2.14 bits per heavy atom. The highest BCUT2D eigenvalue weighted by Gasteiger charge is 2.11. The summed E-state index contributed by atoms with van der Waals surface area (Å²) in [5.41, 5.74) is 6.43. The third-order valence-corrected chi connectivity index (χ3v) is 1.65. The van der Waals surface area contributed by atoms with Crippen LogP contribution in [0.4, 0.5) is 0 Å². The van der Waals surface area contributed by atoms with Crippen LogP contribution in [-0.2, 0) is 6.42 Å². The van der Waals surface area contributed by atoms with E-state index in [1.54, 1.807) is 0 Å². The van der Waals surface area contributed by atoms with Crippen molar-refractivity contribution in [1.82, 2.24) is 9.97 Å². The van der Waals surface area contributed by atoms with Crippen LogP contribution in [-0.4, -0.2) is 22.1 Å². The average Bonchev–Trinajstić information content (AvgIpc) is 2.14. The van der Waals surface area contributed by atoms with Gasteiger partial charge < -0.3 is 10.5 Å². The van der Waals surface area contributed by atoms with Gasteiger partial charge in [0.05, 0.1) is 0 Å². The molecule has 0 aliphatic heterocycles. The second kappa shape index (κ2) is 4.37. The Hall–Kier alpha value is -1.16. The first-order chi connectivity index (χ1) is 6.51. The molecule has 0 aliphatic carbocycles. The van der Waals surface area contributed by atoms with Gasteiger partial charge in [0.1, 0.15) is 12.9 Å². The number of rotatable bonds is 4. The molecule has 78 valence electrons. The molecule has 0 fully saturated rings. The van der Waals surface area contributed by atoms with Crippen molar-refractivity contribution in [2.75, 3.05) is 6.61 Å². The average molecular weight is 195 g/mol. The topological polar surface area (TPSA) is 61.0 Å². The molecule has 4 heteroatoms. The van der Waals surface area contributed by atoms with Crippen molar-refractivity contribution >= 4 is 0 Å². The summed E-state index contributed by atoms with van der Waals surface area (Å²) in [6.07, 6.45) is 2.39. The SMILES string of the molecule is CCc1cc(OCC(C)(C)N)ncn1. The van der Waals surface area contributed by atoms with Crippen LogP contribution in [0.1, 0.15) is 26.5 Å². The number of ether oxygens (including phenoxy) is 1. The molecule has 0 aliphatic rings. The number of aromatic nitrogens is 2. The molecule has 0 aromatic carbocycles. The maximum Gasteiger partial charge on any atom is 0.216 e. The van der Waals surface area contributed by atoms with E-state index in [4.69, 9.17) is 10.5 Å². The van der Waals surface area contributed by atoms with Gasteiger partial charge in [0.2, 0.25) is 5.88 Å². The van der Waals surface area contributed by atoms with E-state index in [9.17, 15) is 0 Å². The highest BCUT2D eigenvalue weighted by molar-refractivity contribution is 5.13. The molecule has 4 nitrogen and oxygen atoms in total. The number of aryl methyl sites for hydroxylation is 1. The Balaban J connectivity index is 2.59. The maximum atomic E-state index is 5.79.